The van der Waals surface area contributed by atoms with Crippen LogP contribution >= 0.6 is 0 Å². The van der Waals surface area contributed by atoms with E-state index >= 15 is 0 Å². The van der Waals surface area contributed by atoms with Gasteiger partial charge in [0.1, 0.15) is 23.0 Å². The van der Waals surface area contributed by atoms with Gasteiger partial charge in [0.2, 0.25) is 0 Å². The number of sulfone groups is 1. The van der Waals surface area contributed by atoms with Gasteiger partial charge in [0.25, 0.3) is 0 Å². The Morgan fingerprint density at radius 2 is 1.55 bits per heavy atom. The third-order valence-corrected chi connectivity index (χ3v) is 9.40. The molecule has 1 saturated heterocycles. The molecule has 1 spiro atoms. The molecule has 3 heterocycles. The highest BCUT2D eigenvalue weighted by atomic mass is 32.2. The van der Waals surface area contributed by atoms with Crippen LogP contribution in [0.25, 0.3) is 11.1 Å². The van der Waals surface area contributed by atoms with Gasteiger partial charge in [-0.1, -0.05) is 36.4 Å². The van der Waals surface area contributed by atoms with E-state index in [0.29, 0.717) is 24.5 Å². The van der Waals surface area contributed by atoms with Crippen molar-refractivity contribution in [3.8, 4) is 16.9 Å². The highest BCUT2D eigenvalue weighted by Gasteiger charge is 2.39. The summed E-state index contributed by atoms with van der Waals surface area (Å²) >= 11 is 0. The summed E-state index contributed by atoms with van der Waals surface area (Å²) in [6.07, 6.45) is 4.96. The Labute approximate surface area is 233 Å². The number of piperidine rings is 1. The van der Waals surface area contributed by atoms with Crippen LogP contribution in [-0.4, -0.2) is 32.1 Å². The largest absolute Gasteiger partial charge is 0.487 e. The predicted octanol–water partition coefficient (Wildman–Crippen LogP) is 6.51. The van der Waals surface area contributed by atoms with E-state index in [1.54, 1.807) is 24.4 Å². The van der Waals surface area contributed by atoms with E-state index in [0.717, 1.165) is 59.8 Å². The summed E-state index contributed by atoms with van der Waals surface area (Å²) in [5, 5.41) is 0. The highest BCUT2D eigenvalue weighted by Crippen LogP contribution is 2.41. The molecule has 2 aliphatic rings. The molecule has 2 aliphatic heterocycles. The first-order valence-electron chi connectivity index (χ1n) is 13.5. The van der Waals surface area contributed by atoms with Crippen LogP contribution in [0.4, 0.5) is 14.5 Å². The minimum atomic E-state index is -3.33. The number of benzene rings is 3. The molecular formula is C32H30F2N2O3S. The van der Waals surface area contributed by atoms with Crippen LogP contribution in [0.5, 0.6) is 5.75 Å². The molecule has 206 valence electrons. The number of hydrogen-bond donors (Lipinski definition) is 0. The van der Waals surface area contributed by atoms with Crippen molar-refractivity contribution < 1.29 is 21.9 Å². The fraction of sp³-hybridized carbons (Fsp3) is 0.281. The van der Waals surface area contributed by atoms with E-state index in [-0.39, 0.29) is 17.1 Å². The van der Waals surface area contributed by atoms with Gasteiger partial charge in [0.05, 0.1) is 17.2 Å². The number of fused-ring (bicyclic) bond motifs is 1. The van der Waals surface area contributed by atoms with Crippen LogP contribution in [0, 0.1) is 11.6 Å². The molecule has 0 unspecified atom stereocenters. The first kappa shape index (κ1) is 26.4. The van der Waals surface area contributed by atoms with Crippen molar-refractivity contribution in [2.45, 2.75) is 42.8 Å². The summed E-state index contributed by atoms with van der Waals surface area (Å²) < 4.78 is 59.2. The van der Waals surface area contributed by atoms with E-state index in [1.165, 1.54) is 12.1 Å². The second-order valence-electron chi connectivity index (χ2n) is 10.8. The van der Waals surface area contributed by atoms with Gasteiger partial charge in [0.15, 0.2) is 9.84 Å². The summed E-state index contributed by atoms with van der Waals surface area (Å²) in [7, 11) is -3.33. The summed E-state index contributed by atoms with van der Waals surface area (Å²) in [5.41, 5.74) is 4.83. The summed E-state index contributed by atoms with van der Waals surface area (Å²) in [4.78, 5) is 6.15. The van der Waals surface area contributed by atoms with Gasteiger partial charge in [-0.2, -0.15) is 0 Å². The van der Waals surface area contributed by atoms with Gasteiger partial charge in [-0.3, -0.25) is 4.98 Å². The Kier molecular flexibility index (Phi) is 7.04. The van der Waals surface area contributed by atoms with Gasteiger partial charge in [-0.15, -0.1) is 0 Å². The van der Waals surface area contributed by atoms with Gasteiger partial charge < -0.3 is 9.64 Å². The molecule has 6 rings (SSSR count). The lowest BCUT2D eigenvalue weighted by atomic mass is 9.82. The van der Waals surface area contributed by atoms with Crippen LogP contribution in [-0.2, 0) is 27.8 Å². The Hall–Kier alpha value is -3.78. The van der Waals surface area contributed by atoms with Gasteiger partial charge >= 0.3 is 0 Å². The van der Waals surface area contributed by atoms with E-state index in [4.69, 9.17) is 4.74 Å². The molecule has 0 saturated carbocycles. The van der Waals surface area contributed by atoms with Crippen molar-refractivity contribution >= 4 is 15.5 Å². The number of pyridine rings is 1. The van der Waals surface area contributed by atoms with Crippen molar-refractivity contribution in [3.05, 3.63) is 114 Å². The quantitative estimate of drug-likeness (QED) is 0.269. The highest BCUT2D eigenvalue weighted by molar-refractivity contribution is 7.89. The standard InChI is InChI=1S/C32H30F2N2O3S/c33-27-18-28(34)20-30(19-27)36-15-12-32(13-16-36)11-10-26-17-25(8-9-31(26)39-32)24-6-4-23(5-7-24)21-40(37,38)22-29-3-1-2-14-35-29/h1-9,14,17-20H,10-13,15-16,21-22H2. The molecular weight excluding hydrogens is 530 g/mol. The molecule has 0 aliphatic carbocycles. The fourth-order valence-electron chi connectivity index (χ4n) is 5.75. The Morgan fingerprint density at radius 3 is 2.25 bits per heavy atom. The van der Waals surface area contributed by atoms with Crippen LogP contribution in [0.1, 0.15) is 36.1 Å². The first-order valence-corrected chi connectivity index (χ1v) is 15.3. The van der Waals surface area contributed by atoms with Crippen molar-refractivity contribution in [2.24, 2.45) is 0 Å². The predicted molar refractivity (Wildman–Crippen MR) is 152 cm³/mol. The zero-order valence-electron chi connectivity index (χ0n) is 22.0. The average molecular weight is 561 g/mol. The zero-order chi connectivity index (χ0) is 27.7. The number of hydrogen-bond acceptors (Lipinski definition) is 5. The zero-order valence-corrected chi connectivity index (χ0v) is 22.8. The molecule has 40 heavy (non-hydrogen) atoms. The lowest BCUT2D eigenvalue weighted by Crippen LogP contribution is -2.49. The molecule has 0 atom stereocenters. The maximum atomic E-state index is 13.7. The molecule has 1 aromatic heterocycles. The lowest BCUT2D eigenvalue weighted by molar-refractivity contribution is 0.0226. The molecule has 1 fully saturated rings. The molecule has 5 nitrogen and oxygen atoms in total. The number of anilines is 1. The second kappa shape index (κ2) is 10.7. The molecule has 0 bridgehead atoms. The van der Waals surface area contributed by atoms with Gasteiger partial charge in [0, 0.05) is 43.9 Å². The van der Waals surface area contributed by atoms with Gasteiger partial charge in [-0.25, -0.2) is 17.2 Å². The normalized spacial score (nSPS) is 16.4. The maximum absolute atomic E-state index is 13.7. The van der Waals surface area contributed by atoms with E-state index in [1.807, 2.05) is 41.3 Å². The molecule has 3 aromatic carbocycles. The SMILES string of the molecule is O=S(=O)(Cc1ccc(-c2ccc3c(c2)CCC2(CCN(c4cc(F)cc(F)c4)CC2)O3)cc1)Cc1ccccn1. The summed E-state index contributed by atoms with van der Waals surface area (Å²) in [6, 6.07) is 22.8. The average Bonchev–Trinajstić information content (AvgIpc) is 2.93. The number of halogens is 2. The number of aryl methyl sites for hydroxylation is 1. The number of ether oxygens (including phenoxy) is 1. The Morgan fingerprint density at radius 1 is 0.825 bits per heavy atom. The number of aromatic nitrogens is 1. The fourth-order valence-corrected chi connectivity index (χ4v) is 7.18. The minimum absolute atomic E-state index is 0.0322. The Balaban J connectivity index is 1.10. The molecule has 0 N–H and O–H groups in total. The van der Waals surface area contributed by atoms with Crippen LogP contribution < -0.4 is 9.64 Å². The number of nitrogens with zero attached hydrogens (tertiary/aromatic N) is 2. The molecule has 8 heteroatoms. The van der Waals surface area contributed by atoms with E-state index in [2.05, 4.69) is 11.1 Å². The Bertz CT molecular complexity index is 1600. The first-order chi connectivity index (χ1) is 19.3. The van der Waals surface area contributed by atoms with Gasteiger partial charge in [-0.05, 0) is 71.5 Å². The third kappa shape index (κ3) is 5.87. The minimum Gasteiger partial charge on any atom is -0.487 e. The number of rotatable bonds is 6. The van der Waals surface area contributed by atoms with Crippen LogP contribution in [0.3, 0.4) is 0 Å². The van der Waals surface area contributed by atoms with Crippen molar-refractivity contribution in [2.75, 3.05) is 18.0 Å². The lowest BCUT2D eigenvalue weighted by Gasteiger charge is -2.45. The van der Waals surface area contributed by atoms with E-state index < -0.39 is 21.5 Å². The molecule has 0 amide bonds. The summed E-state index contributed by atoms with van der Waals surface area (Å²) in [5.74, 6) is -0.348. The topological polar surface area (TPSA) is 59.5 Å². The van der Waals surface area contributed by atoms with Crippen molar-refractivity contribution in [1.82, 2.24) is 4.98 Å². The van der Waals surface area contributed by atoms with Crippen molar-refractivity contribution in [1.29, 1.82) is 0 Å². The van der Waals surface area contributed by atoms with Crippen molar-refractivity contribution in [3.63, 3.8) is 0 Å². The molecule has 0 radical (unpaired) electrons. The molecule has 4 aromatic rings. The summed E-state index contributed by atoms with van der Waals surface area (Å²) in [6.45, 7) is 1.36. The second-order valence-corrected chi connectivity index (χ2v) is 12.8. The van der Waals surface area contributed by atoms with Crippen LogP contribution in [0.15, 0.2) is 85.1 Å². The van der Waals surface area contributed by atoms with E-state index in [9.17, 15) is 17.2 Å². The van der Waals surface area contributed by atoms with Crippen LogP contribution in [0.2, 0.25) is 0 Å². The smallest absolute Gasteiger partial charge is 0.160 e. The monoisotopic (exact) mass is 560 g/mol. The maximum Gasteiger partial charge on any atom is 0.160 e. The third-order valence-electron chi connectivity index (χ3n) is 7.89.